The van der Waals surface area contributed by atoms with Crippen LogP contribution in [0.1, 0.15) is 6.92 Å². The molecule has 19 heavy (non-hydrogen) atoms. The van der Waals surface area contributed by atoms with E-state index in [1.54, 1.807) is 0 Å². The maximum absolute atomic E-state index is 11.1. The molecule has 0 aliphatic rings. The maximum atomic E-state index is 11.1. The lowest BCUT2D eigenvalue weighted by Gasteiger charge is -2.08. The van der Waals surface area contributed by atoms with Crippen LogP contribution in [-0.2, 0) is 14.8 Å². The lowest BCUT2D eigenvalue weighted by atomic mass is 10.2. The van der Waals surface area contributed by atoms with Crippen LogP contribution in [0.4, 0.5) is 11.4 Å². The van der Waals surface area contributed by atoms with Crippen molar-refractivity contribution in [2.24, 2.45) is 5.14 Å². The largest absolute Gasteiger partial charge is 0.380 e. The number of nitro groups is 1. The van der Waals surface area contributed by atoms with Gasteiger partial charge in [-0.25, -0.2) is 13.6 Å². The van der Waals surface area contributed by atoms with Gasteiger partial charge in [-0.2, -0.15) is 0 Å². The van der Waals surface area contributed by atoms with Crippen LogP contribution in [0.3, 0.4) is 0 Å². The number of anilines is 1. The van der Waals surface area contributed by atoms with Crippen molar-refractivity contribution in [3.63, 3.8) is 0 Å². The molecular weight excluding hydrogens is 274 g/mol. The third-order valence-electron chi connectivity index (χ3n) is 2.26. The van der Waals surface area contributed by atoms with E-state index in [0.29, 0.717) is 19.8 Å². The van der Waals surface area contributed by atoms with E-state index in [9.17, 15) is 18.5 Å². The van der Waals surface area contributed by atoms with Gasteiger partial charge in [0.25, 0.3) is 5.69 Å². The fourth-order valence-corrected chi connectivity index (χ4v) is 1.92. The molecule has 8 nitrogen and oxygen atoms in total. The molecule has 0 atom stereocenters. The van der Waals surface area contributed by atoms with Crippen LogP contribution in [-0.4, -0.2) is 33.1 Å². The number of benzene rings is 1. The summed E-state index contributed by atoms with van der Waals surface area (Å²) < 4.78 is 27.4. The second kappa shape index (κ2) is 6.45. The standard InChI is InChI=1S/C10H15N3O5S/c1-2-18-6-5-12-9-4-3-8(19(11,16)17)7-10(9)13(14)15/h3-4,7,12H,2,5-6H2,1H3,(H2,11,16,17). The summed E-state index contributed by atoms with van der Waals surface area (Å²) in [6.45, 7) is 3.16. The van der Waals surface area contributed by atoms with Crippen LogP contribution < -0.4 is 10.5 Å². The van der Waals surface area contributed by atoms with Gasteiger partial charge in [0, 0.05) is 19.2 Å². The van der Waals surface area contributed by atoms with Crippen LogP contribution in [0.2, 0.25) is 0 Å². The van der Waals surface area contributed by atoms with Gasteiger partial charge in [-0.05, 0) is 19.1 Å². The second-order valence-corrected chi connectivity index (χ2v) is 5.17. The summed E-state index contributed by atoms with van der Waals surface area (Å²) in [6.07, 6.45) is 0. The Morgan fingerprint density at radius 2 is 2.16 bits per heavy atom. The molecule has 0 bridgehead atoms. The molecular formula is C10H15N3O5S. The fourth-order valence-electron chi connectivity index (χ4n) is 1.39. The first kappa shape index (κ1) is 15.3. The number of nitrogens with zero attached hydrogens (tertiary/aromatic N) is 1. The van der Waals surface area contributed by atoms with Crippen molar-refractivity contribution in [2.75, 3.05) is 25.1 Å². The lowest BCUT2D eigenvalue weighted by molar-refractivity contribution is -0.384. The highest BCUT2D eigenvalue weighted by atomic mass is 32.2. The Morgan fingerprint density at radius 3 is 2.68 bits per heavy atom. The molecule has 1 aromatic rings. The number of hydrogen-bond acceptors (Lipinski definition) is 6. The van der Waals surface area contributed by atoms with Gasteiger partial charge in [-0.1, -0.05) is 0 Å². The molecule has 9 heteroatoms. The Balaban J connectivity index is 2.96. The average molecular weight is 289 g/mol. The van der Waals surface area contributed by atoms with Crippen molar-refractivity contribution >= 4 is 21.4 Å². The molecule has 0 spiro atoms. The van der Waals surface area contributed by atoms with E-state index >= 15 is 0 Å². The summed E-state index contributed by atoms with van der Waals surface area (Å²) in [7, 11) is -3.96. The Kier molecular flexibility index (Phi) is 5.21. The van der Waals surface area contributed by atoms with E-state index in [4.69, 9.17) is 9.88 Å². The molecule has 0 fully saturated rings. The summed E-state index contributed by atoms with van der Waals surface area (Å²) in [5, 5.41) is 18.6. The van der Waals surface area contributed by atoms with Crippen molar-refractivity contribution in [1.82, 2.24) is 0 Å². The highest BCUT2D eigenvalue weighted by Crippen LogP contribution is 2.26. The minimum absolute atomic E-state index is 0.220. The zero-order valence-corrected chi connectivity index (χ0v) is 11.1. The average Bonchev–Trinajstić information content (AvgIpc) is 2.33. The number of sulfonamides is 1. The summed E-state index contributed by atoms with van der Waals surface area (Å²) in [6, 6.07) is 3.45. The van der Waals surface area contributed by atoms with Gasteiger partial charge in [-0.3, -0.25) is 10.1 Å². The number of hydrogen-bond donors (Lipinski definition) is 2. The highest BCUT2D eigenvalue weighted by Gasteiger charge is 2.18. The lowest BCUT2D eigenvalue weighted by Crippen LogP contribution is -2.14. The minimum atomic E-state index is -3.96. The number of nitro benzene ring substituents is 1. The van der Waals surface area contributed by atoms with Crippen LogP contribution >= 0.6 is 0 Å². The van der Waals surface area contributed by atoms with Gasteiger partial charge < -0.3 is 10.1 Å². The van der Waals surface area contributed by atoms with E-state index in [1.165, 1.54) is 12.1 Å². The first-order valence-electron chi connectivity index (χ1n) is 5.49. The molecule has 0 aromatic heterocycles. The SMILES string of the molecule is CCOCCNc1ccc(S(N)(=O)=O)cc1[N+](=O)[O-]. The molecule has 106 valence electrons. The highest BCUT2D eigenvalue weighted by molar-refractivity contribution is 7.89. The van der Waals surface area contributed by atoms with Crippen LogP contribution in [0.5, 0.6) is 0 Å². The molecule has 1 aromatic carbocycles. The minimum Gasteiger partial charge on any atom is -0.380 e. The first-order chi connectivity index (χ1) is 8.86. The van der Waals surface area contributed by atoms with E-state index in [-0.39, 0.29) is 16.3 Å². The third-order valence-corrected chi connectivity index (χ3v) is 3.17. The van der Waals surface area contributed by atoms with Crippen molar-refractivity contribution < 1.29 is 18.1 Å². The van der Waals surface area contributed by atoms with E-state index < -0.39 is 14.9 Å². The molecule has 0 heterocycles. The van der Waals surface area contributed by atoms with Crippen molar-refractivity contribution in [3.05, 3.63) is 28.3 Å². The van der Waals surface area contributed by atoms with E-state index in [2.05, 4.69) is 5.32 Å². The summed E-state index contributed by atoms with van der Waals surface area (Å²) in [5.74, 6) is 0. The number of nitrogens with one attached hydrogen (secondary N) is 1. The maximum Gasteiger partial charge on any atom is 0.293 e. The molecule has 0 saturated carbocycles. The summed E-state index contributed by atoms with van der Waals surface area (Å²) in [4.78, 5) is 9.92. The molecule has 0 radical (unpaired) electrons. The van der Waals surface area contributed by atoms with Crippen molar-refractivity contribution in [2.45, 2.75) is 11.8 Å². The molecule has 3 N–H and O–H groups in total. The summed E-state index contributed by atoms with van der Waals surface area (Å²) in [5.41, 5.74) is -0.125. The van der Waals surface area contributed by atoms with E-state index in [0.717, 1.165) is 6.07 Å². The fraction of sp³-hybridized carbons (Fsp3) is 0.400. The van der Waals surface area contributed by atoms with Crippen molar-refractivity contribution in [3.8, 4) is 0 Å². The Bertz CT molecular complexity index is 558. The predicted molar refractivity (Wildman–Crippen MR) is 69.5 cm³/mol. The second-order valence-electron chi connectivity index (χ2n) is 3.60. The quantitative estimate of drug-likeness (QED) is 0.432. The smallest absolute Gasteiger partial charge is 0.293 e. The first-order valence-corrected chi connectivity index (χ1v) is 7.03. The van der Waals surface area contributed by atoms with Gasteiger partial charge in [0.1, 0.15) is 5.69 Å². The molecule has 0 unspecified atom stereocenters. The zero-order chi connectivity index (χ0) is 14.5. The third kappa shape index (κ3) is 4.47. The predicted octanol–water partition coefficient (Wildman–Crippen LogP) is 0.691. The normalized spacial score (nSPS) is 11.3. The number of primary sulfonamides is 1. The van der Waals surface area contributed by atoms with Crippen LogP contribution in [0.15, 0.2) is 23.1 Å². The van der Waals surface area contributed by atoms with Crippen LogP contribution in [0.25, 0.3) is 0 Å². The molecule has 0 aliphatic carbocycles. The Morgan fingerprint density at radius 1 is 1.47 bits per heavy atom. The molecule has 0 amide bonds. The molecule has 0 aliphatic heterocycles. The van der Waals surface area contributed by atoms with Gasteiger partial charge in [0.15, 0.2) is 0 Å². The van der Waals surface area contributed by atoms with Crippen molar-refractivity contribution in [1.29, 1.82) is 0 Å². The van der Waals surface area contributed by atoms with Gasteiger partial charge in [0.05, 0.1) is 16.4 Å². The van der Waals surface area contributed by atoms with Gasteiger partial charge in [-0.15, -0.1) is 0 Å². The topological polar surface area (TPSA) is 125 Å². The van der Waals surface area contributed by atoms with Crippen LogP contribution in [0, 0.1) is 10.1 Å². The number of ether oxygens (including phenoxy) is 1. The van der Waals surface area contributed by atoms with Gasteiger partial charge in [0.2, 0.25) is 10.0 Å². The van der Waals surface area contributed by atoms with Gasteiger partial charge >= 0.3 is 0 Å². The zero-order valence-electron chi connectivity index (χ0n) is 10.3. The molecule has 0 saturated heterocycles. The molecule has 1 rings (SSSR count). The Labute approximate surface area is 110 Å². The number of rotatable bonds is 7. The number of nitrogens with two attached hydrogens (primary N) is 1. The monoisotopic (exact) mass is 289 g/mol. The Hall–Kier alpha value is -1.71. The van der Waals surface area contributed by atoms with E-state index in [1.807, 2.05) is 6.92 Å². The summed E-state index contributed by atoms with van der Waals surface area (Å²) >= 11 is 0.